The lowest BCUT2D eigenvalue weighted by atomic mass is 9.78. The van der Waals surface area contributed by atoms with Crippen molar-refractivity contribution in [2.75, 3.05) is 19.8 Å². The van der Waals surface area contributed by atoms with Crippen LogP contribution in [0, 0.1) is 13.8 Å². The van der Waals surface area contributed by atoms with E-state index in [1.165, 1.54) is 0 Å². The summed E-state index contributed by atoms with van der Waals surface area (Å²) in [4.78, 5) is 5.24. The number of aryl methyl sites for hydroxylation is 2. The molecule has 2 fully saturated rings. The minimum atomic E-state index is -0.0610. The number of hydrogen-bond donors (Lipinski definition) is 1. The van der Waals surface area contributed by atoms with Crippen LogP contribution in [0.1, 0.15) is 62.3 Å². The summed E-state index contributed by atoms with van der Waals surface area (Å²) in [7, 11) is 0. The van der Waals surface area contributed by atoms with Crippen LogP contribution in [0.4, 0.5) is 0 Å². The Hall–Kier alpha value is -3.04. The van der Waals surface area contributed by atoms with Gasteiger partial charge in [-0.25, -0.2) is 14.2 Å². The van der Waals surface area contributed by atoms with E-state index in [0.717, 1.165) is 97.2 Å². The van der Waals surface area contributed by atoms with Gasteiger partial charge in [0, 0.05) is 42.7 Å². The molecular formula is C25H31N7O2. The first-order chi connectivity index (χ1) is 16.5. The van der Waals surface area contributed by atoms with Gasteiger partial charge in [-0.1, -0.05) is 6.92 Å². The van der Waals surface area contributed by atoms with E-state index in [2.05, 4.69) is 35.2 Å². The molecule has 178 valence electrons. The number of ether oxygens (including phenoxy) is 2. The van der Waals surface area contributed by atoms with Gasteiger partial charge in [0.2, 0.25) is 0 Å². The molecule has 1 N–H and O–H groups in total. The zero-order chi connectivity index (χ0) is 23.3. The summed E-state index contributed by atoms with van der Waals surface area (Å²) in [6, 6.07) is 4.23. The molecule has 0 radical (unpaired) electrons. The second-order valence-corrected chi connectivity index (χ2v) is 9.78. The maximum Gasteiger partial charge on any atom is 0.165 e. The Kier molecular flexibility index (Phi) is 5.26. The molecule has 6 heterocycles. The molecule has 0 spiro atoms. The number of rotatable bonds is 4. The van der Waals surface area contributed by atoms with E-state index >= 15 is 0 Å². The summed E-state index contributed by atoms with van der Waals surface area (Å²) < 4.78 is 15.7. The maximum absolute atomic E-state index is 6.05. The number of hydrogen-bond acceptors (Lipinski definition) is 6. The molecule has 0 bridgehead atoms. The van der Waals surface area contributed by atoms with Crippen molar-refractivity contribution < 1.29 is 9.47 Å². The first-order valence-electron chi connectivity index (χ1n) is 12.2. The third-order valence-corrected chi connectivity index (χ3v) is 7.45. The van der Waals surface area contributed by atoms with Crippen LogP contribution in [0.25, 0.3) is 28.2 Å². The van der Waals surface area contributed by atoms with Crippen LogP contribution in [0.3, 0.4) is 0 Å². The number of fused-ring (bicyclic) bond motifs is 1. The minimum Gasteiger partial charge on any atom is -0.381 e. The minimum absolute atomic E-state index is 0.0530. The quantitative estimate of drug-likeness (QED) is 0.485. The third-order valence-electron chi connectivity index (χ3n) is 7.45. The molecule has 1 unspecified atom stereocenters. The predicted molar refractivity (Wildman–Crippen MR) is 128 cm³/mol. The molecular weight excluding hydrogens is 430 g/mol. The van der Waals surface area contributed by atoms with E-state index in [4.69, 9.17) is 19.6 Å². The highest BCUT2D eigenvalue weighted by atomic mass is 16.5. The highest BCUT2D eigenvalue weighted by molar-refractivity contribution is 5.78. The van der Waals surface area contributed by atoms with Gasteiger partial charge in [-0.15, -0.1) is 0 Å². The fourth-order valence-corrected chi connectivity index (χ4v) is 5.31. The summed E-state index contributed by atoms with van der Waals surface area (Å²) in [6.07, 6.45) is 8.78. The predicted octanol–water partition coefficient (Wildman–Crippen LogP) is 4.37. The van der Waals surface area contributed by atoms with Gasteiger partial charge in [-0.05, 0) is 58.1 Å². The average molecular weight is 462 g/mol. The Morgan fingerprint density at radius 3 is 2.68 bits per heavy atom. The Bertz CT molecular complexity index is 1300. The van der Waals surface area contributed by atoms with E-state index in [9.17, 15) is 0 Å². The van der Waals surface area contributed by atoms with Gasteiger partial charge in [0.15, 0.2) is 11.9 Å². The average Bonchev–Trinajstić information content (AvgIpc) is 3.58. The molecule has 0 aromatic carbocycles. The third kappa shape index (κ3) is 3.45. The van der Waals surface area contributed by atoms with E-state index in [1.807, 2.05) is 34.6 Å². The highest BCUT2D eigenvalue weighted by Gasteiger charge is 2.33. The molecule has 4 aromatic rings. The van der Waals surface area contributed by atoms with Crippen LogP contribution in [-0.2, 0) is 14.9 Å². The molecule has 0 amide bonds. The summed E-state index contributed by atoms with van der Waals surface area (Å²) in [6.45, 7) is 8.65. The molecule has 2 aliphatic heterocycles. The van der Waals surface area contributed by atoms with Crippen molar-refractivity contribution in [2.45, 2.75) is 64.5 Å². The van der Waals surface area contributed by atoms with E-state index in [0.29, 0.717) is 0 Å². The van der Waals surface area contributed by atoms with Crippen LogP contribution < -0.4 is 0 Å². The van der Waals surface area contributed by atoms with Crippen molar-refractivity contribution in [1.29, 1.82) is 0 Å². The first-order valence-corrected chi connectivity index (χ1v) is 12.2. The Morgan fingerprint density at radius 1 is 1.09 bits per heavy atom. The van der Waals surface area contributed by atoms with Crippen molar-refractivity contribution in [3.05, 3.63) is 41.6 Å². The summed E-state index contributed by atoms with van der Waals surface area (Å²) in [5.74, 6) is 0. The second kappa shape index (κ2) is 8.32. The van der Waals surface area contributed by atoms with E-state index in [1.54, 1.807) is 0 Å². The smallest absolute Gasteiger partial charge is 0.165 e. The van der Waals surface area contributed by atoms with Crippen molar-refractivity contribution in [3.8, 4) is 22.5 Å². The molecule has 0 saturated carbocycles. The topological polar surface area (TPSA) is 95.2 Å². The number of nitrogens with one attached hydrogen (secondary N) is 1. The van der Waals surface area contributed by atoms with Crippen molar-refractivity contribution in [1.82, 2.24) is 34.6 Å². The van der Waals surface area contributed by atoms with Crippen LogP contribution in [0.2, 0.25) is 0 Å². The zero-order valence-corrected chi connectivity index (χ0v) is 20.0. The molecule has 1 atom stereocenters. The van der Waals surface area contributed by atoms with Crippen LogP contribution in [0.5, 0.6) is 0 Å². The highest BCUT2D eigenvalue weighted by Crippen LogP contribution is 2.38. The van der Waals surface area contributed by atoms with Crippen molar-refractivity contribution in [2.24, 2.45) is 0 Å². The second-order valence-electron chi connectivity index (χ2n) is 9.78. The lowest BCUT2D eigenvalue weighted by Gasteiger charge is -2.33. The molecule has 4 aromatic heterocycles. The first kappa shape index (κ1) is 21.5. The molecule has 2 saturated heterocycles. The van der Waals surface area contributed by atoms with Gasteiger partial charge in [0.25, 0.3) is 0 Å². The van der Waals surface area contributed by atoms with E-state index in [-0.39, 0.29) is 11.6 Å². The monoisotopic (exact) mass is 461 g/mol. The van der Waals surface area contributed by atoms with Gasteiger partial charge in [0.1, 0.15) is 0 Å². The van der Waals surface area contributed by atoms with Crippen LogP contribution in [-0.4, -0.2) is 54.4 Å². The Balaban J connectivity index is 1.57. The molecule has 9 nitrogen and oxygen atoms in total. The van der Waals surface area contributed by atoms with Crippen molar-refractivity contribution >= 4 is 5.65 Å². The number of aromatic amines is 1. The van der Waals surface area contributed by atoms with Gasteiger partial charge in [0.05, 0.1) is 34.5 Å². The Labute approximate surface area is 198 Å². The van der Waals surface area contributed by atoms with Crippen molar-refractivity contribution in [3.63, 3.8) is 0 Å². The molecule has 9 heteroatoms. The van der Waals surface area contributed by atoms with Gasteiger partial charge >= 0.3 is 0 Å². The maximum atomic E-state index is 6.05. The lowest BCUT2D eigenvalue weighted by molar-refractivity contribution is -0.0383. The molecule has 0 aliphatic carbocycles. The van der Waals surface area contributed by atoms with E-state index < -0.39 is 0 Å². The number of H-pyrrole nitrogens is 1. The summed E-state index contributed by atoms with van der Waals surface area (Å²) in [5.41, 5.74) is 7.83. The SMILES string of the molecule is Cc1n[nH]c(C)c1-c1cc(C2(C)CCOCC2)nc2c(-c3ccnn3C3CCCCO3)cnn12. The Morgan fingerprint density at radius 2 is 1.94 bits per heavy atom. The number of nitrogens with zero attached hydrogens (tertiary/aromatic N) is 6. The zero-order valence-electron chi connectivity index (χ0n) is 20.0. The van der Waals surface area contributed by atoms with Gasteiger partial charge in [-0.3, -0.25) is 5.10 Å². The normalized spacial score (nSPS) is 20.7. The van der Waals surface area contributed by atoms with Gasteiger partial charge < -0.3 is 9.47 Å². The van der Waals surface area contributed by atoms with Crippen LogP contribution >= 0.6 is 0 Å². The number of aromatic nitrogens is 7. The fourth-order valence-electron chi connectivity index (χ4n) is 5.31. The standard InChI is InChI=1S/C25H31N7O2/c1-16-23(17(2)30-29-16)20-14-21(25(3)8-12-33-13-9-25)28-24-18(15-27-32(20)24)19-7-10-26-31(19)22-6-4-5-11-34-22/h7,10,14-15,22H,4-6,8-9,11-13H2,1-3H3,(H,29,30). The molecule has 2 aliphatic rings. The van der Waals surface area contributed by atoms with Crippen LogP contribution in [0.15, 0.2) is 24.5 Å². The lowest BCUT2D eigenvalue weighted by Crippen LogP contribution is -2.32. The molecule has 34 heavy (non-hydrogen) atoms. The summed E-state index contributed by atoms with van der Waals surface area (Å²) in [5, 5.41) is 17.0. The summed E-state index contributed by atoms with van der Waals surface area (Å²) >= 11 is 0. The van der Waals surface area contributed by atoms with Gasteiger partial charge in [-0.2, -0.15) is 15.3 Å². The molecule has 6 rings (SSSR count). The fraction of sp³-hybridized carbons (Fsp3) is 0.520. The largest absolute Gasteiger partial charge is 0.381 e.